The summed E-state index contributed by atoms with van der Waals surface area (Å²) in [6, 6.07) is 0. The van der Waals surface area contributed by atoms with Gasteiger partial charge in [-0.1, -0.05) is 35.2 Å². The quantitative estimate of drug-likeness (QED) is 0.701. The molecule has 2 fully saturated rings. The predicted molar refractivity (Wildman–Crippen MR) is 69.9 cm³/mol. The first-order valence-corrected chi connectivity index (χ1v) is 7.92. The molecular formula is C13H21BrF3N. The fraction of sp³-hybridized carbons (Fsp3) is 1.00. The minimum Gasteiger partial charge on any atom is -0.302 e. The van der Waals surface area contributed by atoms with Crippen LogP contribution in [-0.2, 0) is 0 Å². The number of nitrogens with zero attached hydrogens (tertiary/aromatic N) is 1. The highest BCUT2D eigenvalue weighted by Crippen LogP contribution is 2.41. The molecule has 1 heterocycles. The molecule has 1 nitrogen and oxygen atoms in total. The zero-order chi connectivity index (χ0) is 13.2. The van der Waals surface area contributed by atoms with Crippen LogP contribution in [0.15, 0.2) is 0 Å². The normalized spacial score (nSPS) is 29.7. The Balaban J connectivity index is 1.90. The van der Waals surface area contributed by atoms with Gasteiger partial charge in [0.1, 0.15) is 0 Å². The average molecular weight is 328 g/mol. The van der Waals surface area contributed by atoms with Crippen LogP contribution in [-0.4, -0.2) is 36.0 Å². The van der Waals surface area contributed by atoms with Gasteiger partial charge in [0, 0.05) is 18.4 Å². The van der Waals surface area contributed by atoms with Crippen LogP contribution in [0.4, 0.5) is 13.2 Å². The minimum atomic E-state index is -4.01. The van der Waals surface area contributed by atoms with Crippen molar-refractivity contribution in [2.45, 2.75) is 44.7 Å². The molecular weight excluding hydrogens is 307 g/mol. The van der Waals surface area contributed by atoms with Gasteiger partial charge in [-0.25, -0.2) is 0 Å². The minimum absolute atomic E-state index is 0.207. The Bertz CT molecular complexity index is 274. The monoisotopic (exact) mass is 327 g/mol. The van der Waals surface area contributed by atoms with Crippen molar-refractivity contribution in [1.29, 1.82) is 0 Å². The fourth-order valence-corrected chi connectivity index (χ4v) is 4.09. The first kappa shape index (κ1) is 14.6. The molecule has 0 bridgehead atoms. The van der Waals surface area contributed by atoms with Gasteiger partial charge in [-0.15, -0.1) is 0 Å². The van der Waals surface area contributed by atoms with Crippen LogP contribution in [0.25, 0.3) is 0 Å². The van der Waals surface area contributed by atoms with Gasteiger partial charge in [0.25, 0.3) is 0 Å². The Morgan fingerprint density at radius 1 is 1.17 bits per heavy atom. The number of likely N-dealkylation sites (tertiary alicyclic amines) is 1. The van der Waals surface area contributed by atoms with Crippen molar-refractivity contribution in [3.8, 4) is 0 Å². The van der Waals surface area contributed by atoms with Gasteiger partial charge in [-0.3, -0.25) is 0 Å². The van der Waals surface area contributed by atoms with Crippen LogP contribution >= 0.6 is 15.9 Å². The first-order valence-electron chi connectivity index (χ1n) is 6.80. The highest BCUT2D eigenvalue weighted by Gasteiger charge is 2.45. The van der Waals surface area contributed by atoms with Gasteiger partial charge >= 0.3 is 6.18 Å². The zero-order valence-electron chi connectivity index (χ0n) is 10.6. The van der Waals surface area contributed by atoms with Gasteiger partial charge in [-0.2, -0.15) is 13.2 Å². The molecule has 1 saturated carbocycles. The predicted octanol–water partition coefficient (Wildman–Crippen LogP) is 4.22. The summed E-state index contributed by atoms with van der Waals surface area (Å²) >= 11 is 3.58. The molecule has 2 rings (SSSR count). The molecule has 1 unspecified atom stereocenters. The fourth-order valence-electron chi connectivity index (χ4n) is 3.35. The molecule has 1 aliphatic carbocycles. The van der Waals surface area contributed by atoms with Crippen molar-refractivity contribution in [3.63, 3.8) is 0 Å². The number of hydrogen-bond acceptors (Lipinski definition) is 1. The molecule has 1 aliphatic heterocycles. The van der Waals surface area contributed by atoms with E-state index in [1.807, 2.05) is 4.90 Å². The van der Waals surface area contributed by atoms with Crippen molar-refractivity contribution in [1.82, 2.24) is 4.90 Å². The zero-order valence-corrected chi connectivity index (χ0v) is 12.2. The third kappa shape index (κ3) is 3.41. The summed E-state index contributed by atoms with van der Waals surface area (Å²) in [5.74, 6) is -1.10. The molecule has 0 spiro atoms. The van der Waals surface area contributed by atoms with E-state index in [9.17, 15) is 13.2 Å². The number of rotatable bonds is 3. The topological polar surface area (TPSA) is 3.24 Å². The molecule has 2 aliphatic rings. The lowest BCUT2D eigenvalue weighted by molar-refractivity contribution is -0.170. The van der Waals surface area contributed by atoms with E-state index >= 15 is 0 Å². The Morgan fingerprint density at radius 3 is 2.33 bits per heavy atom. The summed E-state index contributed by atoms with van der Waals surface area (Å²) in [6.07, 6.45) is 2.31. The average Bonchev–Trinajstić information content (AvgIpc) is 2.78. The summed E-state index contributed by atoms with van der Waals surface area (Å²) in [4.78, 5) is 2.03. The second kappa shape index (κ2) is 5.70. The highest BCUT2D eigenvalue weighted by atomic mass is 79.9. The van der Waals surface area contributed by atoms with E-state index in [1.165, 1.54) is 19.3 Å². The Labute approximate surface area is 115 Å². The smallest absolute Gasteiger partial charge is 0.302 e. The Hall–Kier alpha value is 0.230. The lowest BCUT2D eigenvalue weighted by Gasteiger charge is -2.39. The molecule has 18 heavy (non-hydrogen) atoms. The van der Waals surface area contributed by atoms with Crippen molar-refractivity contribution < 1.29 is 13.2 Å². The van der Waals surface area contributed by atoms with Gasteiger partial charge in [0.2, 0.25) is 0 Å². The van der Waals surface area contributed by atoms with Crippen LogP contribution in [0.2, 0.25) is 0 Å². The van der Waals surface area contributed by atoms with E-state index < -0.39 is 12.1 Å². The van der Waals surface area contributed by atoms with E-state index in [0.717, 1.165) is 24.7 Å². The molecule has 0 aromatic rings. The van der Waals surface area contributed by atoms with Crippen LogP contribution in [0.5, 0.6) is 0 Å². The molecule has 0 amide bonds. The summed E-state index contributed by atoms with van der Waals surface area (Å²) < 4.78 is 38.0. The molecule has 0 N–H and O–H groups in total. The van der Waals surface area contributed by atoms with Gasteiger partial charge in [0.15, 0.2) is 0 Å². The van der Waals surface area contributed by atoms with Gasteiger partial charge in [0.05, 0.1) is 5.92 Å². The van der Waals surface area contributed by atoms with Crippen molar-refractivity contribution >= 4 is 15.9 Å². The van der Waals surface area contributed by atoms with Crippen LogP contribution in [0.3, 0.4) is 0 Å². The van der Waals surface area contributed by atoms with Gasteiger partial charge in [-0.05, 0) is 31.2 Å². The third-order valence-corrected chi connectivity index (χ3v) is 5.68. The summed E-state index contributed by atoms with van der Waals surface area (Å²) in [5.41, 5.74) is 0.221. The number of hydrogen-bond donors (Lipinski definition) is 0. The summed E-state index contributed by atoms with van der Waals surface area (Å²) in [6.45, 7) is 1.65. The summed E-state index contributed by atoms with van der Waals surface area (Å²) in [7, 11) is 0. The number of halogens is 4. The second-order valence-electron chi connectivity index (χ2n) is 5.96. The van der Waals surface area contributed by atoms with Gasteiger partial charge < -0.3 is 4.90 Å². The Kier molecular flexibility index (Phi) is 4.63. The van der Waals surface area contributed by atoms with E-state index in [1.54, 1.807) is 0 Å². The lowest BCUT2D eigenvalue weighted by Crippen LogP contribution is -2.40. The largest absolute Gasteiger partial charge is 0.393 e. The van der Waals surface area contributed by atoms with E-state index in [0.29, 0.717) is 6.54 Å². The van der Waals surface area contributed by atoms with Crippen molar-refractivity contribution in [2.75, 3.05) is 25.0 Å². The maximum absolute atomic E-state index is 12.7. The number of alkyl halides is 4. The first-order chi connectivity index (χ1) is 8.45. The molecule has 5 heteroatoms. The molecule has 106 valence electrons. The standard InChI is InChI=1S/C13H21BrF3N/c14-9-12(5-2-1-3-6-12)10-18-7-4-11(8-18)13(15,16)17/h11H,1-10H2. The summed E-state index contributed by atoms with van der Waals surface area (Å²) in [5, 5.41) is 0.924. The maximum Gasteiger partial charge on any atom is 0.393 e. The Morgan fingerprint density at radius 2 is 1.83 bits per heavy atom. The van der Waals surface area contributed by atoms with E-state index in [-0.39, 0.29) is 18.4 Å². The van der Waals surface area contributed by atoms with Crippen LogP contribution in [0, 0.1) is 11.3 Å². The third-order valence-electron chi connectivity index (χ3n) is 4.49. The molecule has 0 aromatic carbocycles. The molecule has 0 radical (unpaired) electrons. The van der Waals surface area contributed by atoms with Crippen molar-refractivity contribution in [2.24, 2.45) is 11.3 Å². The SMILES string of the molecule is FC(F)(F)C1CCN(CC2(CBr)CCCCC2)C1. The molecule has 0 aromatic heterocycles. The maximum atomic E-state index is 12.7. The van der Waals surface area contributed by atoms with Crippen LogP contribution in [0.1, 0.15) is 38.5 Å². The van der Waals surface area contributed by atoms with E-state index in [2.05, 4.69) is 15.9 Å². The van der Waals surface area contributed by atoms with Crippen LogP contribution < -0.4 is 0 Å². The second-order valence-corrected chi connectivity index (χ2v) is 6.52. The van der Waals surface area contributed by atoms with E-state index in [4.69, 9.17) is 0 Å². The highest BCUT2D eigenvalue weighted by molar-refractivity contribution is 9.09. The molecule has 1 saturated heterocycles. The van der Waals surface area contributed by atoms with Crippen molar-refractivity contribution in [3.05, 3.63) is 0 Å². The molecule has 1 atom stereocenters. The lowest BCUT2D eigenvalue weighted by atomic mass is 9.75.